The molecule has 1 saturated carbocycles. The summed E-state index contributed by atoms with van der Waals surface area (Å²) in [5, 5.41) is 15.0. The van der Waals surface area contributed by atoms with Crippen LogP contribution in [0.25, 0.3) is 0 Å². The number of nitrogens with zero attached hydrogens (tertiary/aromatic N) is 1. The molecule has 1 aromatic heterocycles. The van der Waals surface area contributed by atoms with E-state index in [4.69, 9.17) is 5.11 Å². The molecule has 1 aliphatic rings. The quantitative estimate of drug-likeness (QED) is 0.870. The third kappa shape index (κ3) is 3.33. The van der Waals surface area contributed by atoms with Gasteiger partial charge in [-0.05, 0) is 18.3 Å². The van der Waals surface area contributed by atoms with Crippen molar-refractivity contribution < 1.29 is 19.2 Å². The lowest BCUT2D eigenvalue weighted by atomic mass is 9.76. The largest absolute Gasteiger partial charge is 0.475 e. The van der Waals surface area contributed by atoms with Crippen molar-refractivity contribution in [2.45, 2.75) is 39.0 Å². The average Bonchev–Trinajstić information content (AvgIpc) is 2.87. The topological polar surface area (TPSA) is 92.4 Å². The fourth-order valence-electron chi connectivity index (χ4n) is 2.45. The Kier molecular flexibility index (Phi) is 3.87. The van der Waals surface area contributed by atoms with Crippen LogP contribution in [0.2, 0.25) is 0 Å². The van der Waals surface area contributed by atoms with Crippen molar-refractivity contribution in [3.8, 4) is 0 Å². The van der Waals surface area contributed by atoms with E-state index < -0.39 is 5.97 Å². The summed E-state index contributed by atoms with van der Waals surface area (Å²) in [5.74, 6) is -1.94. The second-order valence-electron chi connectivity index (χ2n) is 5.44. The number of carbonyl (C=O) groups is 2. The Balaban J connectivity index is 1.91. The number of carbonyl (C=O) groups excluding carboxylic acids is 1. The highest BCUT2D eigenvalue weighted by atomic mass is 16.5. The summed E-state index contributed by atoms with van der Waals surface area (Å²) in [6.45, 7) is 2.75. The molecule has 0 aliphatic heterocycles. The molecule has 0 radical (unpaired) electrons. The smallest absolute Gasteiger partial charge is 0.374 e. The van der Waals surface area contributed by atoms with Crippen LogP contribution in [0.3, 0.4) is 0 Å². The lowest BCUT2D eigenvalue weighted by Crippen LogP contribution is -2.37. The summed E-state index contributed by atoms with van der Waals surface area (Å²) in [7, 11) is 0. The van der Waals surface area contributed by atoms with Crippen LogP contribution in [0.5, 0.6) is 0 Å². The predicted molar refractivity (Wildman–Crippen MR) is 67.0 cm³/mol. The van der Waals surface area contributed by atoms with Crippen LogP contribution in [-0.4, -0.2) is 28.7 Å². The zero-order valence-corrected chi connectivity index (χ0v) is 10.9. The first kappa shape index (κ1) is 13.6. The molecule has 0 aromatic carbocycles. The molecule has 6 nitrogen and oxygen atoms in total. The maximum Gasteiger partial charge on any atom is 0.374 e. The van der Waals surface area contributed by atoms with Crippen molar-refractivity contribution in [3.05, 3.63) is 17.5 Å². The Labute approximate surface area is 111 Å². The second kappa shape index (κ2) is 5.42. The number of aromatic nitrogens is 1. The van der Waals surface area contributed by atoms with Gasteiger partial charge in [-0.15, -0.1) is 0 Å². The highest BCUT2D eigenvalue weighted by Gasteiger charge is 2.27. The maximum atomic E-state index is 11.8. The first-order valence-electron chi connectivity index (χ1n) is 6.48. The van der Waals surface area contributed by atoms with Gasteiger partial charge in [0.25, 0.3) is 5.91 Å². The highest BCUT2D eigenvalue weighted by molar-refractivity contribution is 5.94. The van der Waals surface area contributed by atoms with E-state index in [-0.39, 0.29) is 22.8 Å². The van der Waals surface area contributed by atoms with Crippen LogP contribution < -0.4 is 5.32 Å². The molecule has 1 fully saturated rings. The van der Waals surface area contributed by atoms with Gasteiger partial charge in [0.1, 0.15) is 0 Å². The van der Waals surface area contributed by atoms with Gasteiger partial charge in [0, 0.05) is 12.6 Å². The van der Waals surface area contributed by atoms with Crippen molar-refractivity contribution in [1.29, 1.82) is 0 Å². The van der Waals surface area contributed by atoms with Gasteiger partial charge in [0.2, 0.25) is 5.76 Å². The summed E-state index contributed by atoms with van der Waals surface area (Å²) < 4.78 is 4.55. The van der Waals surface area contributed by atoms with Crippen molar-refractivity contribution in [1.82, 2.24) is 10.5 Å². The Morgan fingerprint density at radius 3 is 2.68 bits per heavy atom. The highest BCUT2D eigenvalue weighted by Crippen LogP contribution is 2.34. The molecule has 0 atom stereocenters. The molecule has 1 aromatic rings. The van der Waals surface area contributed by atoms with E-state index in [0.29, 0.717) is 6.54 Å². The zero-order chi connectivity index (χ0) is 13.9. The van der Waals surface area contributed by atoms with E-state index >= 15 is 0 Å². The molecule has 0 spiro atoms. The van der Waals surface area contributed by atoms with E-state index in [2.05, 4.69) is 21.9 Å². The number of carboxylic acids is 1. The van der Waals surface area contributed by atoms with Crippen molar-refractivity contribution in [3.63, 3.8) is 0 Å². The Morgan fingerprint density at radius 2 is 2.11 bits per heavy atom. The van der Waals surface area contributed by atoms with Gasteiger partial charge < -0.3 is 14.9 Å². The fourth-order valence-corrected chi connectivity index (χ4v) is 2.45. The minimum Gasteiger partial charge on any atom is -0.475 e. The molecule has 0 unspecified atom stereocenters. The number of rotatable bonds is 4. The molecule has 2 rings (SSSR count). The molecule has 104 valence electrons. The molecule has 2 N–H and O–H groups in total. The lowest BCUT2D eigenvalue weighted by molar-refractivity contribution is 0.0651. The molecule has 6 heteroatoms. The van der Waals surface area contributed by atoms with Crippen LogP contribution in [-0.2, 0) is 0 Å². The zero-order valence-electron chi connectivity index (χ0n) is 10.9. The third-order valence-corrected chi connectivity index (χ3v) is 3.69. The minimum absolute atomic E-state index is 0.0109. The standard InChI is InChI=1S/C13H18N2O4/c1-13(5-3-2-4-6-13)8-14-11(16)9-7-10(12(17)18)19-15-9/h7H,2-6,8H2,1H3,(H,14,16)(H,17,18). The minimum atomic E-state index is -1.23. The van der Waals surface area contributed by atoms with E-state index in [1.165, 1.54) is 19.3 Å². The van der Waals surface area contributed by atoms with Crippen LogP contribution >= 0.6 is 0 Å². The van der Waals surface area contributed by atoms with Crippen molar-refractivity contribution in [2.75, 3.05) is 6.54 Å². The molecule has 1 amide bonds. The first-order valence-corrected chi connectivity index (χ1v) is 6.48. The molecule has 19 heavy (non-hydrogen) atoms. The maximum absolute atomic E-state index is 11.8. The van der Waals surface area contributed by atoms with Crippen LogP contribution in [0, 0.1) is 5.41 Å². The predicted octanol–water partition coefficient (Wildman–Crippen LogP) is 2.07. The molecule has 0 saturated heterocycles. The van der Waals surface area contributed by atoms with E-state index in [0.717, 1.165) is 18.9 Å². The normalized spacial score (nSPS) is 17.9. The van der Waals surface area contributed by atoms with Crippen LogP contribution in [0.1, 0.15) is 60.1 Å². The SMILES string of the molecule is CC1(CNC(=O)c2cc(C(=O)O)on2)CCCCC1. The third-order valence-electron chi connectivity index (χ3n) is 3.69. The van der Waals surface area contributed by atoms with Crippen molar-refractivity contribution in [2.24, 2.45) is 5.41 Å². The Hall–Kier alpha value is -1.85. The second-order valence-corrected chi connectivity index (χ2v) is 5.44. The summed E-state index contributed by atoms with van der Waals surface area (Å²) in [6, 6.07) is 1.14. The number of nitrogens with one attached hydrogen (secondary N) is 1. The Bertz CT molecular complexity index is 475. The Morgan fingerprint density at radius 1 is 1.42 bits per heavy atom. The van der Waals surface area contributed by atoms with Gasteiger partial charge >= 0.3 is 5.97 Å². The lowest BCUT2D eigenvalue weighted by Gasteiger charge is -2.33. The van der Waals surface area contributed by atoms with Gasteiger partial charge in [-0.3, -0.25) is 4.79 Å². The summed E-state index contributed by atoms with van der Waals surface area (Å²) in [4.78, 5) is 22.5. The molecular formula is C13H18N2O4. The van der Waals surface area contributed by atoms with E-state index in [1.54, 1.807) is 0 Å². The monoisotopic (exact) mass is 266 g/mol. The molecular weight excluding hydrogens is 248 g/mol. The number of carboxylic acid groups (broad SMARTS) is 1. The van der Waals surface area contributed by atoms with Gasteiger partial charge in [-0.1, -0.05) is 31.3 Å². The number of aromatic carboxylic acids is 1. The van der Waals surface area contributed by atoms with Crippen LogP contribution in [0.4, 0.5) is 0 Å². The summed E-state index contributed by atoms with van der Waals surface area (Å²) in [6.07, 6.45) is 5.85. The van der Waals surface area contributed by atoms with E-state index in [1.807, 2.05) is 0 Å². The van der Waals surface area contributed by atoms with Gasteiger partial charge in [0.15, 0.2) is 5.69 Å². The number of hydrogen-bond donors (Lipinski definition) is 2. The van der Waals surface area contributed by atoms with Crippen LogP contribution in [0.15, 0.2) is 10.6 Å². The van der Waals surface area contributed by atoms with Crippen molar-refractivity contribution >= 4 is 11.9 Å². The van der Waals surface area contributed by atoms with Gasteiger partial charge in [-0.25, -0.2) is 4.79 Å². The average molecular weight is 266 g/mol. The summed E-state index contributed by atoms with van der Waals surface area (Å²) in [5.41, 5.74) is 0.143. The van der Waals surface area contributed by atoms with E-state index in [9.17, 15) is 9.59 Å². The summed E-state index contributed by atoms with van der Waals surface area (Å²) >= 11 is 0. The molecule has 1 aliphatic carbocycles. The number of amides is 1. The number of hydrogen-bond acceptors (Lipinski definition) is 4. The van der Waals surface area contributed by atoms with Gasteiger partial charge in [0.05, 0.1) is 0 Å². The fraction of sp³-hybridized carbons (Fsp3) is 0.615. The first-order chi connectivity index (χ1) is 9.00. The molecule has 0 bridgehead atoms. The van der Waals surface area contributed by atoms with Gasteiger partial charge in [-0.2, -0.15) is 0 Å². The molecule has 1 heterocycles.